The Morgan fingerprint density at radius 3 is 2.90 bits per heavy atom. The second-order valence-corrected chi connectivity index (χ2v) is 1.95. The molecule has 1 aromatic rings. The molecule has 0 aliphatic rings. The number of hydrogen-bond donors (Lipinski definition) is 1. The van der Waals surface area contributed by atoms with Gasteiger partial charge in [0.2, 0.25) is 11.9 Å². The van der Waals surface area contributed by atoms with Gasteiger partial charge in [0.25, 0.3) is 0 Å². The number of amides is 1. The smallest absolute Gasteiger partial charge is 0.230 e. The van der Waals surface area contributed by atoms with Gasteiger partial charge in [0.15, 0.2) is 0 Å². The first-order chi connectivity index (χ1) is 4.70. The summed E-state index contributed by atoms with van der Waals surface area (Å²) in [5.41, 5.74) is 0. The van der Waals surface area contributed by atoms with Crippen molar-refractivity contribution in [2.75, 3.05) is 5.32 Å². The lowest BCUT2D eigenvalue weighted by Crippen LogP contribution is -2.09. The highest BCUT2D eigenvalue weighted by molar-refractivity contribution is 5.86. The topological polar surface area (TPSA) is 59.8 Å². The Morgan fingerprint density at radius 2 is 2.50 bits per heavy atom. The summed E-state index contributed by atoms with van der Waals surface area (Å²) < 4.78 is 1.63. The number of anilines is 1. The van der Waals surface area contributed by atoms with Crippen LogP contribution < -0.4 is 5.32 Å². The maximum Gasteiger partial charge on any atom is 0.230 e. The maximum absolute atomic E-state index is 10.5. The van der Waals surface area contributed by atoms with Crippen molar-refractivity contribution in [3.63, 3.8) is 0 Å². The molecule has 5 heteroatoms. The largest absolute Gasteiger partial charge is 0.303 e. The molecule has 1 rings (SSSR count). The Balaban J connectivity index is 2.74. The third-order valence-electron chi connectivity index (χ3n) is 0.999. The van der Waals surface area contributed by atoms with Crippen LogP contribution in [-0.4, -0.2) is 20.7 Å². The van der Waals surface area contributed by atoms with Crippen LogP contribution >= 0.6 is 0 Å². The van der Waals surface area contributed by atoms with E-state index in [1.807, 2.05) is 0 Å². The zero-order valence-corrected chi connectivity index (χ0v) is 5.83. The van der Waals surface area contributed by atoms with Crippen LogP contribution in [0.3, 0.4) is 0 Å². The van der Waals surface area contributed by atoms with Gasteiger partial charge in [-0.2, -0.15) is 0 Å². The highest BCUT2D eigenvalue weighted by Crippen LogP contribution is 1.96. The van der Waals surface area contributed by atoms with Crippen molar-refractivity contribution in [2.24, 2.45) is 7.05 Å². The van der Waals surface area contributed by atoms with Crippen LogP contribution in [0.2, 0.25) is 0 Å². The molecule has 0 aliphatic carbocycles. The van der Waals surface area contributed by atoms with E-state index in [1.165, 1.54) is 13.3 Å². The number of carbonyl (C=O) groups is 1. The first-order valence-corrected chi connectivity index (χ1v) is 2.81. The minimum atomic E-state index is -0.142. The molecular weight excluding hydrogens is 132 g/mol. The fourth-order valence-corrected chi connectivity index (χ4v) is 0.554. The molecule has 0 radical (unpaired) electrons. The van der Waals surface area contributed by atoms with Crippen LogP contribution in [0, 0.1) is 0 Å². The van der Waals surface area contributed by atoms with Crippen LogP contribution in [0.4, 0.5) is 5.95 Å². The summed E-state index contributed by atoms with van der Waals surface area (Å²) >= 11 is 0. The van der Waals surface area contributed by atoms with Crippen molar-refractivity contribution in [1.82, 2.24) is 14.8 Å². The van der Waals surface area contributed by atoms with Gasteiger partial charge in [-0.1, -0.05) is 0 Å². The summed E-state index contributed by atoms with van der Waals surface area (Å²) in [5, 5.41) is 9.71. The monoisotopic (exact) mass is 140 g/mol. The van der Waals surface area contributed by atoms with E-state index >= 15 is 0 Å². The van der Waals surface area contributed by atoms with E-state index in [2.05, 4.69) is 15.5 Å². The Bertz CT molecular complexity index is 242. The lowest BCUT2D eigenvalue weighted by atomic mass is 10.7. The molecule has 0 aromatic carbocycles. The fraction of sp³-hybridized carbons (Fsp3) is 0.400. The van der Waals surface area contributed by atoms with Crippen molar-refractivity contribution >= 4 is 11.9 Å². The predicted octanol–water partition coefficient (Wildman–Crippen LogP) is -0.227. The second kappa shape index (κ2) is 2.47. The van der Waals surface area contributed by atoms with E-state index < -0.39 is 0 Å². The zero-order valence-electron chi connectivity index (χ0n) is 5.83. The SMILES string of the molecule is CC(=O)Nc1nncn1C. The van der Waals surface area contributed by atoms with E-state index in [9.17, 15) is 4.79 Å². The van der Waals surface area contributed by atoms with Gasteiger partial charge in [-0.05, 0) is 0 Å². The van der Waals surface area contributed by atoms with Crippen LogP contribution in [0.25, 0.3) is 0 Å². The van der Waals surface area contributed by atoms with Gasteiger partial charge in [-0.3, -0.25) is 10.1 Å². The van der Waals surface area contributed by atoms with Crippen LogP contribution in [0.1, 0.15) is 6.92 Å². The number of nitrogens with zero attached hydrogens (tertiary/aromatic N) is 3. The highest BCUT2D eigenvalue weighted by atomic mass is 16.1. The van der Waals surface area contributed by atoms with Gasteiger partial charge in [0.1, 0.15) is 6.33 Å². The predicted molar refractivity (Wildman–Crippen MR) is 35.3 cm³/mol. The number of nitrogens with one attached hydrogen (secondary N) is 1. The molecule has 1 aromatic heterocycles. The number of hydrogen-bond acceptors (Lipinski definition) is 3. The third-order valence-corrected chi connectivity index (χ3v) is 0.999. The van der Waals surface area contributed by atoms with Crippen molar-refractivity contribution < 1.29 is 4.79 Å². The van der Waals surface area contributed by atoms with E-state index in [0.717, 1.165) is 0 Å². The van der Waals surface area contributed by atoms with Crippen molar-refractivity contribution in [1.29, 1.82) is 0 Å². The third kappa shape index (κ3) is 1.31. The molecule has 0 bridgehead atoms. The zero-order chi connectivity index (χ0) is 7.56. The summed E-state index contributed by atoms with van der Waals surface area (Å²) in [6.45, 7) is 1.43. The van der Waals surface area contributed by atoms with E-state index in [-0.39, 0.29) is 5.91 Å². The molecule has 1 heterocycles. The summed E-state index contributed by atoms with van der Waals surface area (Å²) in [6, 6.07) is 0. The fourth-order valence-electron chi connectivity index (χ4n) is 0.554. The average molecular weight is 140 g/mol. The van der Waals surface area contributed by atoms with Gasteiger partial charge < -0.3 is 4.57 Å². The van der Waals surface area contributed by atoms with Gasteiger partial charge >= 0.3 is 0 Å². The maximum atomic E-state index is 10.5. The molecule has 0 unspecified atom stereocenters. The van der Waals surface area contributed by atoms with E-state index in [4.69, 9.17) is 0 Å². The van der Waals surface area contributed by atoms with Crippen LogP contribution in [-0.2, 0) is 11.8 Å². The van der Waals surface area contributed by atoms with Crippen molar-refractivity contribution in [3.8, 4) is 0 Å². The summed E-state index contributed by atoms with van der Waals surface area (Å²) in [7, 11) is 1.76. The molecule has 0 atom stereocenters. The summed E-state index contributed by atoms with van der Waals surface area (Å²) in [4.78, 5) is 10.5. The Labute approximate surface area is 58.1 Å². The minimum Gasteiger partial charge on any atom is -0.303 e. The van der Waals surface area contributed by atoms with Crippen LogP contribution in [0.15, 0.2) is 6.33 Å². The quantitative estimate of drug-likeness (QED) is 0.586. The molecule has 0 saturated carbocycles. The Morgan fingerprint density at radius 1 is 1.80 bits per heavy atom. The number of carbonyl (C=O) groups excluding carboxylic acids is 1. The molecule has 1 amide bonds. The van der Waals surface area contributed by atoms with Gasteiger partial charge in [0.05, 0.1) is 0 Å². The minimum absolute atomic E-state index is 0.142. The molecule has 10 heavy (non-hydrogen) atoms. The molecule has 0 fully saturated rings. The number of aromatic nitrogens is 3. The Hall–Kier alpha value is -1.39. The lowest BCUT2D eigenvalue weighted by Gasteiger charge is -1.97. The molecule has 5 nitrogen and oxygen atoms in total. The highest BCUT2D eigenvalue weighted by Gasteiger charge is 1.99. The van der Waals surface area contributed by atoms with E-state index in [0.29, 0.717) is 5.95 Å². The lowest BCUT2D eigenvalue weighted by molar-refractivity contribution is -0.114. The molecule has 54 valence electrons. The molecule has 0 spiro atoms. The second-order valence-electron chi connectivity index (χ2n) is 1.95. The molecule has 1 N–H and O–H groups in total. The first kappa shape index (κ1) is 6.73. The normalized spacial score (nSPS) is 9.40. The van der Waals surface area contributed by atoms with E-state index in [1.54, 1.807) is 11.6 Å². The Kier molecular flexibility index (Phi) is 1.66. The number of rotatable bonds is 1. The summed E-state index contributed by atoms with van der Waals surface area (Å²) in [6.07, 6.45) is 1.52. The van der Waals surface area contributed by atoms with Crippen molar-refractivity contribution in [2.45, 2.75) is 6.92 Å². The van der Waals surface area contributed by atoms with Crippen LogP contribution in [0.5, 0.6) is 0 Å². The average Bonchev–Trinajstić information content (AvgIpc) is 2.15. The number of aryl methyl sites for hydroxylation is 1. The molecule has 0 aliphatic heterocycles. The standard InChI is InChI=1S/C5H8N4O/c1-4(10)7-5-8-6-3-9(5)2/h3H,1-2H3,(H,7,8,10). The molecule has 0 saturated heterocycles. The first-order valence-electron chi connectivity index (χ1n) is 2.81. The summed E-state index contributed by atoms with van der Waals surface area (Å²) in [5.74, 6) is 0.323. The van der Waals surface area contributed by atoms with Gasteiger partial charge in [-0.15, -0.1) is 10.2 Å². The molecular formula is C5H8N4O. The van der Waals surface area contributed by atoms with Gasteiger partial charge in [-0.25, -0.2) is 0 Å². The van der Waals surface area contributed by atoms with Gasteiger partial charge in [0, 0.05) is 14.0 Å². The van der Waals surface area contributed by atoms with Crippen molar-refractivity contribution in [3.05, 3.63) is 6.33 Å².